The molecule has 1 unspecified atom stereocenters. The molecule has 0 aromatic carbocycles. The lowest BCUT2D eigenvalue weighted by atomic mass is 10.0. The van der Waals surface area contributed by atoms with Gasteiger partial charge in [-0.25, -0.2) is 4.63 Å². The summed E-state index contributed by atoms with van der Waals surface area (Å²) in [6.45, 7) is 6.95. The molecule has 0 spiro atoms. The second-order valence-electron chi connectivity index (χ2n) is 4.04. The van der Waals surface area contributed by atoms with Gasteiger partial charge in [-0.15, -0.1) is 0 Å². The van der Waals surface area contributed by atoms with Crippen molar-refractivity contribution in [3.05, 3.63) is 11.4 Å². The molecule has 2 N–H and O–H groups in total. The molecule has 1 aromatic rings. The molecule has 0 aliphatic heterocycles. The van der Waals surface area contributed by atoms with Crippen molar-refractivity contribution in [3.8, 4) is 0 Å². The maximum Gasteiger partial charge on any atom is 0.121 e. The zero-order valence-electron chi connectivity index (χ0n) is 9.53. The Morgan fingerprint density at radius 1 is 1.40 bits per heavy atom. The number of aliphatic hydroxyl groups is 1. The van der Waals surface area contributed by atoms with Crippen LogP contribution in [0.2, 0.25) is 0 Å². The molecule has 86 valence electrons. The Kier molecular flexibility index (Phi) is 4.71. The molecule has 15 heavy (non-hydrogen) atoms. The van der Waals surface area contributed by atoms with Gasteiger partial charge in [0.2, 0.25) is 0 Å². The maximum absolute atomic E-state index is 8.91. The average Bonchev–Trinajstić information content (AvgIpc) is 2.58. The molecule has 1 heterocycles. The summed E-state index contributed by atoms with van der Waals surface area (Å²) in [5.41, 5.74) is 1.65. The van der Waals surface area contributed by atoms with Crippen molar-refractivity contribution in [2.45, 2.75) is 39.8 Å². The SMILES string of the molecule is Cc1nonc1CNC(CCO)C(C)C. The van der Waals surface area contributed by atoms with Crippen LogP contribution in [0.1, 0.15) is 31.7 Å². The van der Waals surface area contributed by atoms with Gasteiger partial charge in [0.05, 0.1) is 0 Å². The van der Waals surface area contributed by atoms with E-state index in [0.29, 0.717) is 18.5 Å². The maximum atomic E-state index is 8.91. The Bertz CT molecular complexity index is 286. The van der Waals surface area contributed by atoms with Gasteiger partial charge in [0.25, 0.3) is 0 Å². The van der Waals surface area contributed by atoms with Gasteiger partial charge in [-0.2, -0.15) is 0 Å². The summed E-state index contributed by atoms with van der Waals surface area (Å²) in [6.07, 6.45) is 0.752. The monoisotopic (exact) mass is 213 g/mol. The van der Waals surface area contributed by atoms with E-state index in [1.54, 1.807) is 0 Å². The standard InChI is InChI=1S/C10H19N3O2/c1-7(2)9(4-5-14)11-6-10-8(3)12-15-13-10/h7,9,11,14H,4-6H2,1-3H3. The van der Waals surface area contributed by atoms with Crippen LogP contribution in [0, 0.1) is 12.8 Å². The Labute approximate surface area is 89.8 Å². The number of rotatable bonds is 6. The van der Waals surface area contributed by atoms with Crippen LogP contribution in [0.5, 0.6) is 0 Å². The van der Waals surface area contributed by atoms with Crippen molar-refractivity contribution in [3.63, 3.8) is 0 Å². The second kappa shape index (κ2) is 5.82. The number of aliphatic hydroxyl groups excluding tert-OH is 1. The normalized spacial score (nSPS) is 13.4. The summed E-state index contributed by atoms with van der Waals surface area (Å²) in [6, 6.07) is 0.297. The van der Waals surface area contributed by atoms with E-state index in [-0.39, 0.29) is 6.61 Å². The quantitative estimate of drug-likeness (QED) is 0.733. The molecule has 0 radical (unpaired) electrons. The molecule has 0 aliphatic carbocycles. The van der Waals surface area contributed by atoms with Gasteiger partial charge in [0.1, 0.15) is 11.4 Å². The predicted octanol–water partition coefficient (Wildman–Crippen LogP) is 0.875. The first kappa shape index (κ1) is 12.1. The highest BCUT2D eigenvalue weighted by Crippen LogP contribution is 2.07. The first-order valence-electron chi connectivity index (χ1n) is 5.27. The van der Waals surface area contributed by atoms with E-state index < -0.39 is 0 Å². The van der Waals surface area contributed by atoms with Crippen molar-refractivity contribution in [1.29, 1.82) is 0 Å². The summed E-state index contributed by atoms with van der Waals surface area (Å²) in [5, 5.41) is 19.8. The zero-order chi connectivity index (χ0) is 11.3. The van der Waals surface area contributed by atoms with E-state index in [1.807, 2.05) is 6.92 Å². The summed E-state index contributed by atoms with van der Waals surface area (Å²) in [7, 11) is 0. The van der Waals surface area contributed by atoms with E-state index in [0.717, 1.165) is 17.8 Å². The smallest absolute Gasteiger partial charge is 0.121 e. The molecule has 0 amide bonds. The molecule has 0 aliphatic rings. The molecule has 5 nitrogen and oxygen atoms in total. The first-order chi connectivity index (χ1) is 7.15. The lowest BCUT2D eigenvalue weighted by Crippen LogP contribution is -2.34. The van der Waals surface area contributed by atoms with E-state index in [2.05, 4.69) is 34.1 Å². The highest BCUT2D eigenvalue weighted by molar-refractivity contribution is 5.04. The average molecular weight is 213 g/mol. The number of aryl methyl sites for hydroxylation is 1. The minimum absolute atomic E-state index is 0.200. The third-order valence-corrected chi connectivity index (χ3v) is 2.52. The predicted molar refractivity (Wildman–Crippen MR) is 56.2 cm³/mol. The minimum atomic E-state index is 0.200. The molecule has 5 heteroatoms. The van der Waals surface area contributed by atoms with Crippen LogP contribution in [0.15, 0.2) is 4.63 Å². The lowest BCUT2D eigenvalue weighted by molar-refractivity contribution is 0.242. The van der Waals surface area contributed by atoms with Gasteiger partial charge < -0.3 is 10.4 Å². The number of hydrogen-bond donors (Lipinski definition) is 2. The molecular weight excluding hydrogens is 194 g/mol. The van der Waals surface area contributed by atoms with Gasteiger partial charge >= 0.3 is 0 Å². The number of nitrogens with zero attached hydrogens (tertiary/aromatic N) is 2. The van der Waals surface area contributed by atoms with E-state index >= 15 is 0 Å². The lowest BCUT2D eigenvalue weighted by Gasteiger charge is -2.20. The van der Waals surface area contributed by atoms with Crippen molar-refractivity contribution in [2.24, 2.45) is 5.92 Å². The van der Waals surface area contributed by atoms with Crippen LogP contribution in [0.25, 0.3) is 0 Å². The van der Waals surface area contributed by atoms with Crippen molar-refractivity contribution in [2.75, 3.05) is 6.61 Å². The van der Waals surface area contributed by atoms with Gasteiger partial charge in [-0.1, -0.05) is 24.2 Å². The highest BCUT2D eigenvalue weighted by Gasteiger charge is 2.13. The second-order valence-corrected chi connectivity index (χ2v) is 4.04. The van der Waals surface area contributed by atoms with Gasteiger partial charge in [-0.05, 0) is 19.3 Å². The largest absolute Gasteiger partial charge is 0.396 e. The van der Waals surface area contributed by atoms with E-state index in [4.69, 9.17) is 5.11 Å². The molecule has 0 bridgehead atoms. The third-order valence-electron chi connectivity index (χ3n) is 2.52. The fourth-order valence-corrected chi connectivity index (χ4v) is 1.45. The fraction of sp³-hybridized carbons (Fsp3) is 0.800. The number of hydrogen-bond acceptors (Lipinski definition) is 5. The Morgan fingerprint density at radius 3 is 2.60 bits per heavy atom. The van der Waals surface area contributed by atoms with Crippen molar-refractivity contribution >= 4 is 0 Å². The van der Waals surface area contributed by atoms with Crippen LogP contribution in [0.3, 0.4) is 0 Å². The fourth-order valence-electron chi connectivity index (χ4n) is 1.45. The molecule has 1 rings (SSSR count). The summed E-state index contributed by atoms with van der Waals surface area (Å²) in [4.78, 5) is 0. The first-order valence-corrected chi connectivity index (χ1v) is 5.27. The molecule has 0 saturated heterocycles. The molecular formula is C10H19N3O2. The highest BCUT2D eigenvalue weighted by atomic mass is 16.6. The zero-order valence-corrected chi connectivity index (χ0v) is 9.53. The molecule has 0 saturated carbocycles. The van der Waals surface area contributed by atoms with Crippen LogP contribution in [0.4, 0.5) is 0 Å². The Balaban J connectivity index is 2.43. The summed E-state index contributed by atoms with van der Waals surface area (Å²) < 4.78 is 4.61. The topological polar surface area (TPSA) is 71.2 Å². The third kappa shape index (κ3) is 3.60. The van der Waals surface area contributed by atoms with Crippen molar-refractivity contribution in [1.82, 2.24) is 15.6 Å². The summed E-state index contributed by atoms with van der Waals surface area (Å²) in [5.74, 6) is 0.484. The summed E-state index contributed by atoms with van der Waals surface area (Å²) >= 11 is 0. The van der Waals surface area contributed by atoms with Crippen LogP contribution in [-0.2, 0) is 6.54 Å². The van der Waals surface area contributed by atoms with E-state index in [9.17, 15) is 0 Å². The number of aromatic nitrogens is 2. The molecule has 1 atom stereocenters. The van der Waals surface area contributed by atoms with Crippen LogP contribution in [-0.4, -0.2) is 28.1 Å². The van der Waals surface area contributed by atoms with Gasteiger partial charge in [-0.3, -0.25) is 0 Å². The Hall–Kier alpha value is -0.940. The van der Waals surface area contributed by atoms with Crippen molar-refractivity contribution < 1.29 is 9.74 Å². The van der Waals surface area contributed by atoms with Gasteiger partial charge in [0.15, 0.2) is 0 Å². The van der Waals surface area contributed by atoms with Crippen LogP contribution < -0.4 is 5.32 Å². The molecule has 0 fully saturated rings. The molecule has 1 aromatic heterocycles. The minimum Gasteiger partial charge on any atom is -0.396 e. The van der Waals surface area contributed by atoms with Crippen LogP contribution >= 0.6 is 0 Å². The number of nitrogens with one attached hydrogen (secondary N) is 1. The van der Waals surface area contributed by atoms with E-state index in [1.165, 1.54) is 0 Å². The van der Waals surface area contributed by atoms with Gasteiger partial charge in [0, 0.05) is 19.2 Å². The Morgan fingerprint density at radius 2 is 2.13 bits per heavy atom.